The third-order valence-electron chi connectivity index (χ3n) is 4.36. The summed E-state index contributed by atoms with van der Waals surface area (Å²) in [6.07, 6.45) is 1.21. The standard InChI is InChI=1S/C18H16F2N6O3/c1-9-17(22-5-10(4-21)23-9)14(8-27)24-15(28)7-26-6-11-13(25-18(26)29)3-2-12(19)16(11)20/h2-3,5,14,27H,6-8H2,1H3,(H,24,28)(H,25,29)/t14-/m0/s1. The Kier molecular flexibility index (Phi) is 5.65. The smallest absolute Gasteiger partial charge is 0.322 e. The van der Waals surface area contributed by atoms with Gasteiger partial charge in [0.2, 0.25) is 5.91 Å². The Morgan fingerprint density at radius 3 is 2.90 bits per heavy atom. The molecule has 9 nitrogen and oxygen atoms in total. The highest BCUT2D eigenvalue weighted by Gasteiger charge is 2.29. The SMILES string of the molecule is Cc1nc(C#N)cnc1[C@H](CO)NC(=O)CN1Cc2c(ccc(F)c2F)NC1=O. The molecule has 1 atom stereocenters. The molecular formula is C18H16F2N6O3. The Morgan fingerprint density at radius 1 is 1.48 bits per heavy atom. The highest BCUT2D eigenvalue weighted by molar-refractivity contribution is 5.94. The average molecular weight is 402 g/mol. The second-order valence-electron chi connectivity index (χ2n) is 6.31. The minimum atomic E-state index is -1.09. The van der Waals surface area contributed by atoms with E-state index in [0.717, 1.165) is 11.0 Å². The Morgan fingerprint density at radius 2 is 2.24 bits per heavy atom. The van der Waals surface area contributed by atoms with E-state index in [2.05, 4.69) is 20.6 Å². The van der Waals surface area contributed by atoms with Gasteiger partial charge in [0.25, 0.3) is 0 Å². The molecule has 150 valence electrons. The van der Waals surface area contributed by atoms with E-state index in [0.29, 0.717) is 5.69 Å². The Labute approximate surface area is 164 Å². The first kappa shape index (κ1) is 20.1. The van der Waals surface area contributed by atoms with Crippen molar-refractivity contribution < 1.29 is 23.5 Å². The molecule has 0 saturated carbocycles. The molecule has 1 aliphatic rings. The number of urea groups is 1. The van der Waals surface area contributed by atoms with Gasteiger partial charge < -0.3 is 20.6 Å². The molecule has 3 N–H and O–H groups in total. The summed E-state index contributed by atoms with van der Waals surface area (Å²) in [4.78, 5) is 33.6. The van der Waals surface area contributed by atoms with Crippen LogP contribution < -0.4 is 10.6 Å². The van der Waals surface area contributed by atoms with Crippen LogP contribution in [0.4, 0.5) is 19.3 Å². The first-order chi connectivity index (χ1) is 13.8. The summed E-state index contributed by atoms with van der Waals surface area (Å²) in [6, 6.07) is 2.43. The number of rotatable bonds is 5. The van der Waals surface area contributed by atoms with Crippen molar-refractivity contribution in [3.8, 4) is 6.07 Å². The highest BCUT2D eigenvalue weighted by Crippen LogP contribution is 2.27. The lowest BCUT2D eigenvalue weighted by molar-refractivity contribution is -0.122. The largest absolute Gasteiger partial charge is 0.394 e. The number of anilines is 1. The van der Waals surface area contributed by atoms with Crippen LogP contribution in [0, 0.1) is 29.9 Å². The molecule has 11 heteroatoms. The molecular weight excluding hydrogens is 386 g/mol. The molecule has 0 radical (unpaired) electrons. The number of aliphatic hydroxyl groups excluding tert-OH is 1. The molecule has 29 heavy (non-hydrogen) atoms. The number of hydrogen-bond donors (Lipinski definition) is 3. The quantitative estimate of drug-likeness (QED) is 0.687. The maximum absolute atomic E-state index is 14.0. The summed E-state index contributed by atoms with van der Waals surface area (Å²) in [6.45, 7) is 0.324. The zero-order chi connectivity index (χ0) is 21.1. The summed E-state index contributed by atoms with van der Waals surface area (Å²) in [5.41, 5.74) is 0.784. The lowest BCUT2D eigenvalue weighted by atomic mass is 10.1. The number of nitrogens with zero attached hydrogens (tertiary/aromatic N) is 4. The van der Waals surface area contributed by atoms with Crippen molar-refractivity contribution in [3.05, 3.63) is 52.6 Å². The summed E-state index contributed by atoms with van der Waals surface area (Å²) < 4.78 is 27.4. The number of carbonyl (C=O) groups excluding carboxylic acids is 2. The lowest BCUT2D eigenvalue weighted by Gasteiger charge is -2.29. The van der Waals surface area contributed by atoms with E-state index in [-0.39, 0.29) is 29.2 Å². The van der Waals surface area contributed by atoms with Crippen LogP contribution in [0.25, 0.3) is 0 Å². The van der Waals surface area contributed by atoms with Gasteiger partial charge in [0, 0.05) is 5.56 Å². The normalized spacial score (nSPS) is 13.9. The number of aliphatic hydroxyl groups is 1. The molecule has 0 aliphatic carbocycles. The van der Waals surface area contributed by atoms with Gasteiger partial charge in [0.05, 0.1) is 42.5 Å². The number of carbonyl (C=O) groups is 2. The summed E-state index contributed by atoms with van der Waals surface area (Å²) in [7, 11) is 0. The molecule has 1 aromatic heterocycles. The van der Waals surface area contributed by atoms with Gasteiger partial charge in [-0.05, 0) is 19.1 Å². The van der Waals surface area contributed by atoms with Gasteiger partial charge in [-0.15, -0.1) is 0 Å². The number of halogens is 2. The van der Waals surface area contributed by atoms with E-state index in [9.17, 15) is 23.5 Å². The second-order valence-corrected chi connectivity index (χ2v) is 6.31. The van der Waals surface area contributed by atoms with Crippen LogP contribution in [-0.4, -0.2) is 45.1 Å². The molecule has 1 aromatic carbocycles. The van der Waals surface area contributed by atoms with E-state index < -0.39 is 42.8 Å². The number of fused-ring (bicyclic) bond motifs is 1. The molecule has 0 bridgehead atoms. The third-order valence-corrected chi connectivity index (χ3v) is 4.36. The zero-order valence-corrected chi connectivity index (χ0v) is 15.2. The van der Waals surface area contributed by atoms with Gasteiger partial charge in [0.15, 0.2) is 17.3 Å². The molecule has 2 aromatic rings. The second kappa shape index (κ2) is 8.15. The van der Waals surface area contributed by atoms with Gasteiger partial charge in [-0.1, -0.05) is 0 Å². The third kappa shape index (κ3) is 4.12. The van der Waals surface area contributed by atoms with Gasteiger partial charge >= 0.3 is 6.03 Å². The van der Waals surface area contributed by atoms with Crippen LogP contribution in [0.5, 0.6) is 0 Å². The Bertz CT molecular complexity index is 1020. The summed E-state index contributed by atoms with van der Waals surface area (Å²) in [5.74, 6) is -2.80. The van der Waals surface area contributed by atoms with E-state index >= 15 is 0 Å². The number of hydrogen-bond acceptors (Lipinski definition) is 6. The minimum absolute atomic E-state index is 0.0649. The van der Waals surface area contributed by atoms with Crippen LogP contribution in [0.1, 0.15) is 28.7 Å². The molecule has 0 saturated heterocycles. The topological polar surface area (TPSA) is 131 Å². The van der Waals surface area contributed by atoms with Crippen molar-refractivity contribution in [2.75, 3.05) is 18.5 Å². The zero-order valence-electron chi connectivity index (χ0n) is 15.2. The number of aryl methyl sites for hydroxylation is 1. The van der Waals surface area contributed by atoms with E-state index in [4.69, 9.17) is 5.26 Å². The molecule has 3 amide bonds. The van der Waals surface area contributed by atoms with Crippen LogP contribution in [-0.2, 0) is 11.3 Å². The van der Waals surface area contributed by atoms with Crippen LogP contribution in [0.2, 0.25) is 0 Å². The number of aromatic nitrogens is 2. The highest BCUT2D eigenvalue weighted by atomic mass is 19.2. The van der Waals surface area contributed by atoms with Crippen molar-refractivity contribution in [2.24, 2.45) is 0 Å². The van der Waals surface area contributed by atoms with E-state index in [1.165, 1.54) is 12.3 Å². The van der Waals surface area contributed by atoms with Crippen molar-refractivity contribution >= 4 is 17.6 Å². The fourth-order valence-electron chi connectivity index (χ4n) is 2.95. The van der Waals surface area contributed by atoms with E-state index in [1.807, 2.05) is 6.07 Å². The molecule has 3 rings (SSSR count). The number of nitrogens with one attached hydrogen (secondary N) is 2. The minimum Gasteiger partial charge on any atom is -0.394 e. The van der Waals surface area contributed by atoms with Gasteiger partial charge in [-0.2, -0.15) is 5.26 Å². The van der Waals surface area contributed by atoms with Gasteiger partial charge in [0.1, 0.15) is 12.6 Å². The average Bonchev–Trinajstić information content (AvgIpc) is 2.70. The number of amides is 3. The van der Waals surface area contributed by atoms with Crippen molar-refractivity contribution in [1.29, 1.82) is 5.26 Å². The molecule has 0 fully saturated rings. The number of benzene rings is 1. The van der Waals surface area contributed by atoms with Crippen LogP contribution in [0.3, 0.4) is 0 Å². The molecule has 2 heterocycles. The predicted molar refractivity (Wildman–Crippen MR) is 95.2 cm³/mol. The first-order valence-electron chi connectivity index (χ1n) is 8.50. The summed E-state index contributed by atoms with van der Waals surface area (Å²) in [5, 5.41) is 23.4. The van der Waals surface area contributed by atoms with Crippen LogP contribution >= 0.6 is 0 Å². The van der Waals surface area contributed by atoms with Gasteiger partial charge in [-0.3, -0.25) is 9.78 Å². The monoisotopic (exact) mass is 402 g/mol. The maximum Gasteiger partial charge on any atom is 0.322 e. The van der Waals surface area contributed by atoms with Crippen molar-refractivity contribution in [1.82, 2.24) is 20.2 Å². The fourth-order valence-corrected chi connectivity index (χ4v) is 2.95. The maximum atomic E-state index is 14.0. The fraction of sp³-hybridized carbons (Fsp3) is 0.278. The summed E-state index contributed by atoms with van der Waals surface area (Å²) >= 11 is 0. The predicted octanol–water partition coefficient (Wildman–Crippen LogP) is 1.13. The molecule has 0 spiro atoms. The van der Waals surface area contributed by atoms with Crippen molar-refractivity contribution in [3.63, 3.8) is 0 Å². The first-order valence-corrected chi connectivity index (χ1v) is 8.50. The van der Waals surface area contributed by atoms with Crippen molar-refractivity contribution in [2.45, 2.75) is 19.5 Å². The Balaban J connectivity index is 1.72. The Hall–Kier alpha value is -3.65. The lowest BCUT2D eigenvalue weighted by Crippen LogP contribution is -2.46. The molecule has 0 unspecified atom stereocenters. The van der Waals surface area contributed by atoms with E-state index in [1.54, 1.807) is 6.92 Å². The van der Waals surface area contributed by atoms with Gasteiger partial charge in [-0.25, -0.2) is 18.6 Å². The molecule has 1 aliphatic heterocycles. The number of nitriles is 1. The van der Waals surface area contributed by atoms with Crippen LogP contribution in [0.15, 0.2) is 18.3 Å².